The molecule has 200 valence electrons. The standard InChI is InChI=1S/C23H42N6O6/c1-15(24)27-19-17(28-16(2)29-13-10-18(30)23(19,29)33)14-34-20(31)25-11-8-6-7-9-12-26-21(32)35-22(3,4)5/h17-19,27-28,30,33H,1-2,6-14,24H2,3-5H3,(H,25,31)(H,26,32)/t17-,18-,19-,23-/m0/s1. The molecule has 0 spiro atoms. The van der Waals surface area contributed by atoms with Crippen LogP contribution in [0.3, 0.4) is 0 Å². The lowest BCUT2D eigenvalue weighted by Gasteiger charge is -2.51. The second-order valence-corrected chi connectivity index (χ2v) is 9.95. The fourth-order valence-electron chi connectivity index (χ4n) is 4.28. The minimum atomic E-state index is -1.66. The van der Waals surface area contributed by atoms with Gasteiger partial charge in [0.1, 0.15) is 24.4 Å². The van der Waals surface area contributed by atoms with Crippen molar-refractivity contribution in [2.45, 2.75) is 82.4 Å². The van der Waals surface area contributed by atoms with Gasteiger partial charge in [-0.1, -0.05) is 26.0 Å². The van der Waals surface area contributed by atoms with E-state index in [9.17, 15) is 19.8 Å². The number of carbonyl (C=O) groups excluding carboxylic acids is 2. The first-order valence-electron chi connectivity index (χ1n) is 12.1. The fourth-order valence-corrected chi connectivity index (χ4v) is 4.28. The summed E-state index contributed by atoms with van der Waals surface area (Å²) >= 11 is 0. The molecule has 12 heteroatoms. The highest BCUT2D eigenvalue weighted by molar-refractivity contribution is 5.67. The van der Waals surface area contributed by atoms with Crippen molar-refractivity contribution in [3.63, 3.8) is 0 Å². The molecule has 2 aliphatic rings. The number of alkyl carbamates (subject to hydrolysis) is 2. The zero-order valence-electron chi connectivity index (χ0n) is 21.1. The molecule has 2 amide bonds. The fraction of sp³-hybridized carbons (Fsp3) is 0.739. The van der Waals surface area contributed by atoms with Gasteiger partial charge in [0.2, 0.25) is 0 Å². The maximum Gasteiger partial charge on any atom is 0.407 e. The highest BCUT2D eigenvalue weighted by atomic mass is 16.6. The first kappa shape index (κ1) is 28.4. The Morgan fingerprint density at radius 3 is 2.37 bits per heavy atom. The number of hydrogen-bond acceptors (Lipinski definition) is 10. The van der Waals surface area contributed by atoms with Crippen LogP contribution >= 0.6 is 0 Å². The van der Waals surface area contributed by atoms with Gasteiger partial charge in [-0.15, -0.1) is 0 Å². The topological polar surface area (TPSA) is 170 Å². The van der Waals surface area contributed by atoms with Crippen LogP contribution in [0.5, 0.6) is 0 Å². The average molecular weight is 499 g/mol. The number of aliphatic hydroxyl groups is 2. The molecule has 2 heterocycles. The molecule has 0 unspecified atom stereocenters. The van der Waals surface area contributed by atoms with Crippen molar-refractivity contribution < 1.29 is 29.3 Å². The summed E-state index contributed by atoms with van der Waals surface area (Å²) in [6.07, 6.45) is 1.67. The molecule has 8 N–H and O–H groups in total. The van der Waals surface area contributed by atoms with Crippen LogP contribution in [0, 0.1) is 0 Å². The molecule has 2 aliphatic heterocycles. The third kappa shape index (κ3) is 8.10. The number of carbonyl (C=O) groups is 2. The average Bonchev–Trinajstić information content (AvgIpc) is 3.05. The Bertz CT molecular complexity index is 772. The second kappa shape index (κ2) is 12.2. The van der Waals surface area contributed by atoms with Crippen LogP contribution < -0.4 is 27.0 Å². The Balaban J connectivity index is 1.67. The molecule has 0 radical (unpaired) electrons. The van der Waals surface area contributed by atoms with Crippen LogP contribution in [0.1, 0.15) is 52.9 Å². The molecule has 4 atom stereocenters. The van der Waals surface area contributed by atoms with E-state index in [0.717, 1.165) is 25.7 Å². The Kier molecular flexibility index (Phi) is 9.90. The van der Waals surface area contributed by atoms with Gasteiger partial charge in [-0.05, 0) is 40.0 Å². The van der Waals surface area contributed by atoms with Gasteiger partial charge in [-0.3, -0.25) is 0 Å². The summed E-state index contributed by atoms with van der Waals surface area (Å²) in [7, 11) is 0. The molecule has 0 aliphatic carbocycles. The van der Waals surface area contributed by atoms with Crippen molar-refractivity contribution in [1.82, 2.24) is 26.2 Å². The van der Waals surface area contributed by atoms with Crippen LogP contribution in [-0.2, 0) is 9.47 Å². The lowest BCUT2D eigenvalue weighted by molar-refractivity contribution is -0.172. The third-order valence-electron chi connectivity index (χ3n) is 5.86. The van der Waals surface area contributed by atoms with Crippen LogP contribution in [0.4, 0.5) is 9.59 Å². The highest BCUT2D eigenvalue weighted by Gasteiger charge is 2.58. The second-order valence-electron chi connectivity index (χ2n) is 9.95. The Morgan fingerprint density at radius 2 is 1.80 bits per heavy atom. The molecule has 2 rings (SSSR count). The van der Waals surface area contributed by atoms with Gasteiger partial charge in [0, 0.05) is 19.6 Å². The highest BCUT2D eigenvalue weighted by Crippen LogP contribution is 2.37. The smallest absolute Gasteiger partial charge is 0.407 e. The largest absolute Gasteiger partial charge is 0.447 e. The summed E-state index contributed by atoms with van der Waals surface area (Å²) in [6.45, 7) is 14.3. The molecule has 0 saturated carbocycles. The number of unbranched alkanes of at least 4 members (excludes halogenated alkanes) is 3. The summed E-state index contributed by atoms with van der Waals surface area (Å²) in [4.78, 5) is 25.3. The third-order valence-corrected chi connectivity index (χ3v) is 5.86. The number of aliphatic hydroxyl groups excluding tert-OH is 1. The maximum atomic E-state index is 12.2. The first-order chi connectivity index (χ1) is 16.3. The van der Waals surface area contributed by atoms with Crippen LogP contribution in [0.25, 0.3) is 0 Å². The van der Waals surface area contributed by atoms with E-state index in [1.165, 1.54) is 0 Å². The van der Waals surface area contributed by atoms with Gasteiger partial charge < -0.3 is 51.6 Å². The van der Waals surface area contributed by atoms with Crippen molar-refractivity contribution in [3.05, 3.63) is 24.8 Å². The number of ether oxygens (including phenoxy) is 2. The number of fused-ring (bicyclic) bond motifs is 1. The monoisotopic (exact) mass is 498 g/mol. The van der Waals surface area contributed by atoms with Gasteiger partial charge in [-0.25, -0.2) is 9.59 Å². The lowest BCUT2D eigenvalue weighted by Crippen LogP contribution is -2.74. The Labute approximate surface area is 207 Å². The summed E-state index contributed by atoms with van der Waals surface area (Å²) < 4.78 is 10.5. The van der Waals surface area contributed by atoms with E-state index in [0.29, 0.717) is 31.9 Å². The van der Waals surface area contributed by atoms with Crippen molar-refractivity contribution in [3.8, 4) is 0 Å². The van der Waals surface area contributed by atoms with E-state index < -0.39 is 41.7 Å². The van der Waals surface area contributed by atoms with Crippen LogP contribution in [-0.4, -0.2) is 83.1 Å². The summed E-state index contributed by atoms with van der Waals surface area (Å²) in [6, 6.07) is -1.38. The molecular weight excluding hydrogens is 456 g/mol. The molecule has 2 fully saturated rings. The summed E-state index contributed by atoms with van der Waals surface area (Å²) in [5.41, 5.74) is 3.54. The Morgan fingerprint density at radius 1 is 1.20 bits per heavy atom. The molecule has 0 aromatic rings. The van der Waals surface area contributed by atoms with Gasteiger partial charge >= 0.3 is 12.2 Å². The van der Waals surface area contributed by atoms with Gasteiger partial charge in [0.15, 0.2) is 5.72 Å². The van der Waals surface area contributed by atoms with Crippen molar-refractivity contribution in [1.29, 1.82) is 0 Å². The minimum Gasteiger partial charge on any atom is -0.447 e. The number of nitrogens with one attached hydrogen (secondary N) is 4. The van der Waals surface area contributed by atoms with Crippen molar-refractivity contribution in [2.24, 2.45) is 5.73 Å². The van der Waals surface area contributed by atoms with Crippen LogP contribution in [0.2, 0.25) is 0 Å². The van der Waals surface area contributed by atoms with Gasteiger partial charge in [0.25, 0.3) is 0 Å². The van der Waals surface area contributed by atoms with Gasteiger partial charge in [-0.2, -0.15) is 0 Å². The number of nitrogens with two attached hydrogens (primary N) is 1. The normalized spacial score (nSPS) is 25.8. The van der Waals surface area contributed by atoms with E-state index in [2.05, 4.69) is 34.4 Å². The maximum absolute atomic E-state index is 12.2. The minimum absolute atomic E-state index is 0.0883. The lowest BCUT2D eigenvalue weighted by atomic mass is 9.89. The van der Waals surface area contributed by atoms with Crippen LogP contribution in [0.15, 0.2) is 24.8 Å². The van der Waals surface area contributed by atoms with E-state index in [4.69, 9.17) is 15.2 Å². The molecule has 0 aromatic heterocycles. The van der Waals surface area contributed by atoms with Gasteiger partial charge in [0.05, 0.1) is 17.7 Å². The zero-order chi connectivity index (χ0) is 26.2. The van der Waals surface area contributed by atoms with E-state index in [1.54, 1.807) is 4.90 Å². The van der Waals surface area contributed by atoms with Crippen molar-refractivity contribution in [2.75, 3.05) is 26.2 Å². The quantitative estimate of drug-likeness (QED) is 0.198. The van der Waals surface area contributed by atoms with E-state index in [1.807, 2.05) is 20.8 Å². The van der Waals surface area contributed by atoms with E-state index >= 15 is 0 Å². The Hall–Kier alpha value is -2.86. The molecule has 35 heavy (non-hydrogen) atoms. The molecule has 12 nitrogen and oxygen atoms in total. The summed E-state index contributed by atoms with van der Waals surface area (Å²) in [5, 5.41) is 33.2. The summed E-state index contributed by atoms with van der Waals surface area (Å²) in [5.74, 6) is 0.549. The molecule has 2 saturated heterocycles. The predicted molar refractivity (Wildman–Crippen MR) is 131 cm³/mol. The number of rotatable bonds is 11. The molecule has 0 aromatic carbocycles. The van der Waals surface area contributed by atoms with Crippen molar-refractivity contribution >= 4 is 12.2 Å². The number of nitrogens with zero attached hydrogens (tertiary/aromatic N) is 1. The van der Waals surface area contributed by atoms with E-state index in [-0.39, 0.29) is 12.4 Å². The molecular formula is C23H42N6O6. The SMILES string of the molecule is C=C(N)N[C@H]1[C@H](COC(=O)NCCCCCCNC(=O)OC(C)(C)C)NC(=C)N2CC[C@H](O)[C@]12O. The predicted octanol–water partition coefficient (Wildman–Crippen LogP) is 0.384. The first-order valence-corrected chi connectivity index (χ1v) is 12.1. The zero-order valence-corrected chi connectivity index (χ0v) is 21.1. The number of hydrogen-bond donors (Lipinski definition) is 7. The number of amides is 2. The molecule has 0 bridgehead atoms.